The van der Waals surface area contributed by atoms with Crippen LogP contribution < -0.4 is 0 Å². The van der Waals surface area contributed by atoms with E-state index in [0.717, 1.165) is 0 Å². The molecule has 2 fully saturated rings. The molecule has 0 radical (unpaired) electrons. The van der Waals surface area contributed by atoms with Crippen LogP contribution in [0.3, 0.4) is 0 Å². The van der Waals surface area contributed by atoms with E-state index in [-0.39, 0.29) is 12.7 Å². The summed E-state index contributed by atoms with van der Waals surface area (Å²) in [6.45, 7) is 0.210. The van der Waals surface area contributed by atoms with Crippen molar-refractivity contribution in [1.29, 1.82) is 0 Å². The summed E-state index contributed by atoms with van der Waals surface area (Å²) in [7, 11) is 0. The molecule has 2 aliphatic heterocycles. The van der Waals surface area contributed by atoms with Gasteiger partial charge in [-0.15, -0.1) is 10.1 Å². The molecule has 2 saturated heterocycles. The second-order valence-electron chi connectivity index (χ2n) is 3.09. The number of nitrogens with zero attached hydrogens (tertiary/aromatic N) is 1. The maximum absolute atomic E-state index is 10.1. The van der Waals surface area contributed by atoms with Gasteiger partial charge in [0.25, 0.3) is 10.9 Å². The Morgan fingerprint density at radius 2 is 2.38 bits per heavy atom. The van der Waals surface area contributed by atoms with Gasteiger partial charge in [-0.1, -0.05) is 0 Å². The molecule has 2 aliphatic rings. The first-order valence-corrected chi connectivity index (χ1v) is 3.91. The van der Waals surface area contributed by atoms with Crippen molar-refractivity contribution in [2.45, 2.75) is 24.4 Å². The maximum Gasteiger partial charge on any atom is 0.297 e. The molecule has 0 amide bonds. The van der Waals surface area contributed by atoms with E-state index in [9.17, 15) is 15.2 Å². The minimum absolute atomic E-state index is 0.219. The van der Waals surface area contributed by atoms with Gasteiger partial charge in [-0.2, -0.15) is 0 Å². The van der Waals surface area contributed by atoms with Gasteiger partial charge < -0.3 is 14.6 Å². The highest BCUT2D eigenvalue weighted by Gasteiger charge is 2.55. The lowest BCUT2D eigenvalue weighted by Gasteiger charge is -2.23. The molecule has 2 heterocycles. The highest BCUT2D eigenvalue weighted by Crippen LogP contribution is 2.34. The minimum atomic E-state index is -1.93. The van der Waals surface area contributed by atoms with Gasteiger partial charge in [-0.3, -0.25) is 4.84 Å². The van der Waals surface area contributed by atoms with Crippen LogP contribution in [0.1, 0.15) is 6.42 Å². The van der Waals surface area contributed by atoms with E-state index < -0.39 is 17.0 Å². The lowest BCUT2D eigenvalue weighted by atomic mass is 10.1. The van der Waals surface area contributed by atoms with Crippen molar-refractivity contribution in [3.63, 3.8) is 0 Å². The average molecular weight is 191 g/mol. The first-order chi connectivity index (χ1) is 6.12. The third kappa shape index (κ3) is 1.34. The predicted octanol–water partition coefficient (Wildman–Crippen LogP) is -0.929. The van der Waals surface area contributed by atoms with Gasteiger partial charge in [0.2, 0.25) is 0 Å². The molecule has 0 aliphatic carbocycles. The van der Waals surface area contributed by atoms with Gasteiger partial charge >= 0.3 is 0 Å². The van der Waals surface area contributed by atoms with Crippen LogP contribution in [0, 0.1) is 10.1 Å². The molecule has 7 heteroatoms. The molecular formula is C6H9NO6. The molecule has 0 bridgehead atoms. The quantitative estimate of drug-likeness (QED) is 0.344. The Hall–Kier alpha value is -0.920. The van der Waals surface area contributed by atoms with Gasteiger partial charge in [0.15, 0.2) is 0 Å². The molecule has 3 atom stereocenters. The van der Waals surface area contributed by atoms with E-state index >= 15 is 0 Å². The summed E-state index contributed by atoms with van der Waals surface area (Å²) in [5.41, 5.74) is 0. The van der Waals surface area contributed by atoms with Crippen LogP contribution in [-0.4, -0.2) is 41.4 Å². The summed E-state index contributed by atoms with van der Waals surface area (Å²) < 4.78 is 10.2. The summed E-state index contributed by atoms with van der Waals surface area (Å²) in [6, 6.07) is 0. The Balaban J connectivity index is 2.09. The molecule has 0 spiro atoms. The summed E-state index contributed by atoms with van der Waals surface area (Å²) in [4.78, 5) is 14.2. The number of fused-ring (bicyclic) bond motifs is 1. The topological polar surface area (TPSA) is 91.1 Å². The number of ether oxygens (including phenoxy) is 2. The molecule has 0 aromatic carbocycles. The molecule has 7 nitrogen and oxygen atoms in total. The summed E-state index contributed by atoms with van der Waals surface area (Å²) in [6.07, 6.45) is -0.392. The highest BCUT2D eigenvalue weighted by molar-refractivity contribution is 4.94. The second-order valence-corrected chi connectivity index (χ2v) is 3.09. The van der Waals surface area contributed by atoms with Crippen LogP contribution in [0.15, 0.2) is 0 Å². The van der Waals surface area contributed by atoms with Crippen molar-refractivity contribution in [2.75, 3.05) is 13.2 Å². The van der Waals surface area contributed by atoms with Crippen LogP contribution in [-0.2, 0) is 14.3 Å². The van der Waals surface area contributed by atoms with E-state index in [1.165, 1.54) is 0 Å². The predicted molar refractivity (Wildman–Crippen MR) is 37.1 cm³/mol. The monoisotopic (exact) mass is 191 g/mol. The van der Waals surface area contributed by atoms with E-state index in [4.69, 9.17) is 9.47 Å². The lowest BCUT2D eigenvalue weighted by molar-refractivity contribution is -0.797. The van der Waals surface area contributed by atoms with Crippen molar-refractivity contribution >= 4 is 0 Å². The fraction of sp³-hybridized carbons (Fsp3) is 1.00. The Bertz CT molecular complexity index is 233. The van der Waals surface area contributed by atoms with Crippen molar-refractivity contribution in [3.05, 3.63) is 10.1 Å². The lowest BCUT2D eigenvalue weighted by Crippen LogP contribution is -2.46. The average Bonchev–Trinajstić information content (AvgIpc) is 2.54. The van der Waals surface area contributed by atoms with Crippen LogP contribution in [0.2, 0.25) is 0 Å². The largest absolute Gasteiger partial charge is 0.370 e. The number of aliphatic hydroxyl groups is 1. The van der Waals surface area contributed by atoms with E-state index in [0.29, 0.717) is 13.0 Å². The summed E-state index contributed by atoms with van der Waals surface area (Å²) in [5, 5.41) is 18.6. The van der Waals surface area contributed by atoms with Crippen molar-refractivity contribution in [2.24, 2.45) is 0 Å². The van der Waals surface area contributed by atoms with Gasteiger partial charge in [0.05, 0.1) is 6.10 Å². The fourth-order valence-corrected chi connectivity index (χ4v) is 1.68. The zero-order valence-electron chi connectivity index (χ0n) is 6.71. The summed E-state index contributed by atoms with van der Waals surface area (Å²) >= 11 is 0. The number of hydrogen-bond donors (Lipinski definition) is 1. The molecule has 2 rings (SSSR count). The van der Waals surface area contributed by atoms with Crippen LogP contribution in [0.25, 0.3) is 0 Å². The van der Waals surface area contributed by atoms with E-state index in [2.05, 4.69) is 4.84 Å². The molecule has 1 N–H and O–H groups in total. The second kappa shape index (κ2) is 2.79. The van der Waals surface area contributed by atoms with Crippen molar-refractivity contribution in [1.82, 2.24) is 0 Å². The fourth-order valence-electron chi connectivity index (χ4n) is 1.68. The molecule has 0 aromatic heterocycles. The van der Waals surface area contributed by atoms with Crippen LogP contribution >= 0.6 is 0 Å². The first-order valence-electron chi connectivity index (χ1n) is 3.91. The van der Waals surface area contributed by atoms with Gasteiger partial charge in [0, 0.05) is 6.61 Å². The van der Waals surface area contributed by atoms with Crippen molar-refractivity contribution in [3.8, 4) is 0 Å². The third-order valence-corrected chi connectivity index (χ3v) is 2.22. The van der Waals surface area contributed by atoms with Gasteiger partial charge in [0.1, 0.15) is 12.7 Å². The Labute approximate surface area is 73.3 Å². The molecule has 0 unspecified atom stereocenters. The van der Waals surface area contributed by atoms with Crippen LogP contribution in [0.4, 0.5) is 0 Å². The minimum Gasteiger partial charge on any atom is -0.370 e. The Morgan fingerprint density at radius 3 is 3.08 bits per heavy atom. The number of rotatable bonds is 2. The third-order valence-electron chi connectivity index (χ3n) is 2.22. The Kier molecular flexibility index (Phi) is 1.86. The maximum atomic E-state index is 10.1. The van der Waals surface area contributed by atoms with E-state index in [1.807, 2.05) is 0 Å². The smallest absolute Gasteiger partial charge is 0.297 e. The zero-order chi connectivity index (χ0) is 9.47. The highest BCUT2D eigenvalue weighted by atomic mass is 17.0. The van der Waals surface area contributed by atoms with Crippen LogP contribution in [0.5, 0.6) is 0 Å². The molecule has 74 valence electrons. The Morgan fingerprint density at radius 1 is 1.62 bits per heavy atom. The van der Waals surface area contributed by atoms with E-state index in [1.54, 1.807) is 0 Å². The van der Waals surface area contributed by atoms with Gasteiger partial charge in [-0.25, -0.2) is 0 Å². The molecular weight excluding hydrogens is 182 g/mol. The normalized spacial score (nSPS) is 43.2. The van der Waals surface area contributed by atoms with Gasteiger partial charge in [-0.05, 0) is 6.42 Å². The standard InChI is InChI=1S/C6H9NO6/c8-6(13-7(9)10)3-12-4-1-2-11-5(4)6/h4-5,8H,1-3H2/t4-,5+,6+/m1/s1. The molecule has 13 heavy (non-hydrogen) atoms. The zero-order valence-corrected chi connectivity index (χ0v) is 6.71. The first kappa shape index (κ1) is 8.67. The van der Waals surface area contributed by atoms with Crippen molar-refractivity contribution < 1.29 is 24.5 Å². The SMILES string of the molecule is O=[N+]([O-])O[C@@]1(O)CO[C@@H]2CCO[C@@H]21. The molecule has 0 aromatic rings. The molecule has 0 saturated carbocycles. The number of hydrogen-bond acceptors (Lipinski definition) is 6. The summed E-state index contributed by atoms with van der Waals surface area (Å²) in [5.74, 6) is -1.93.